The molecular formula is C16H21FN2S. The summed E-state index contributed by atoms with van der Waals surface area (Å²) in [5.41, 5.74) is 3.12. The first-order valence-corrected chi connectivity index (χ1v) is 7.93. The van der Waals surface area contributed by atoms with E-state index in [4.69, 9.17) is 4.98 Å². The van der Waals surface area contributed by atoms with Crippen LogP contribution >= 0.6 is 11.3 Å². The monoisotopic (exact) mass is 292 g/mol. The Morgan fingerprint density at radius 2 is 2.10 bits per heavy atom. The number of aromatic nitrogens is 1. The molecule has 1 heterocycles. The van der Waals surface area contributed by atoms with Crippen molar-refractivity contribution in [3.63, 3.8) is 0 Å². The first-order chi connectivity index (χ1) is 9.65. The van der Waals surface area contributed by atoms with Crippen molar-refractivity contribution in [2.45, 2.75) is 40.2 Å². The van der Waals surface area contributed by atoms with Crippen molar-refractivity contribution in [2.24, 2.45) is 0 Å². The number of hydrogen-bond donors (Lipinski definition) is 1. The van der Waals surface area contributed by atoms with Crippen LogP contribution in [0.25, 0.3) is 10.6 Å². The lowest BCUT2D eigenvalue weighted by atomic mass is 10.1. The van der Waals surface area contributed by atoms with Gasteiger partial charge in [0, 0.05) is 17.0 Å². The number of nitrogens with one attached hydrogen (secondary N) is 1. The smallest absolute Gasteiger partial charge is 0.124 e. The zero-order valence-electron chi connectivity index (χ0n) is 12.3. The Hall–Kier alpha value is -1.26. The lowest BCUT2D eigenvalue weighted by Crippen LogP contribution is -2.13. The fraction of sp³-hybridized carbons (Fsp3) is 0.438. The van der Waals surface area contributed by atoms with Gasteiger partial charge in [-0.15, -0.1) is 11.3 Å². The van der Waals surface area contributed by atoms with E-state index in [0.717, 1.165) is 47.8 Å². The average molecular weight is 292 g/mol. The van der Waals surface area contributed by atoms with Crippen LogP contribution in [0.5, 0.6) is 0 Å². The van der Waals surface area contributed by atoms with Crippen molar-refractivity contribution in [3.8, 4) is 10.6 Å². The number of rotatable bonds is 6. The summed E-state index contributed by atoms with van der Waals surface area (Å²) in [6, 6.07) is 4.90. The van der Waals surface area contributed by atoms with Crippen molar-refractivity contribution >= 4 is 11.3 Å². The van der Waals surface area contributed by atoms with Crippen molar-refractivity contribution in [1.82, 2.24) is 10.3 Å². The van der Waals surface area contributed by atoms with Gasteiger partial charge in [0.1, 0.15) is 10.8 Å². The van der Waals surface area contributed by atoms with E-state index in [1.807, 2.05) is 13.0 Å². The van der Waals surface area contributed by atoms with E-state index in [1.54, 1.807) is 17.4 Å². The third kappa shape index (κ3) is 3.44. The molecule has 2 nitrogen and oxygen atoms in total. The zero-order valence-corrected chi connectivity index (χ0v) is 13.1. The van der Waals surface area contributed by atoms with Crippen LogP contribution in [0.15, 0.2) is 18.2 Å². The minimum absolute atomic E-state index is 0.191. The highest BCUT2D eigenvalue weighted by Crippen LogP contribution is 2.31. The van der Waals surface area contributed by atoms with Crippen LogP contribution in [0.4, 0.5) is 4.39 Å². The van der Waals surface area contributed by atoms with Gasteiger partial charge in [-0.05, 0) is 50.1 Å². The Morgan fingerprint density at radius 1 is 1.30 bits per heavy atom. The van der Waals surface area contributed by atoms with Gasteiger partial charge in [-0.1, -0.05) is 13.8 Å². The summed E-state index contributed by atoms with van der Waals surface area (Å²) in [7, 11) is 0. The predicted molar refractivity (Wildman–Crippen MR) is 83.6 cm³/mol. The Labute approximate surface area is 124 Å². The number of hydrogen-bond acceptors (Lipinski definition) is 3. The van der Waals surface area contributed by atoms with Gasteiger partial charge in [0.05, 0.1) is 5.69 Å². The van der Waals surface area contributed by atoms with E-state index in [1.165, 1.54) is 10.9 Å². The second kappa shape index (κ2) is 6.95. The lowest BCUT2D eigenvalue weighted by molar-refractivity contribution is 0.627. The summed E-state index contributed by atoms with van der Waals surface area (Å²) in [6.07, 6.45) is 2.06. The molecule has 20 heavy (non-hydrogen) atoms. The Kier molecular flexibility index (Phi) is 5.26. The summed E-state index contributed by atoms with van der Waals surface area (Å²) in [4.78, 5) is 6.02. The van der Waals surface area contributed by atoms with E-state index < -0.39 is 0 Å². The third-order valence-corrected chi connectivity index (χ3v) is 4.38. The number of thiazole rings is 1. The molecule has 4 heteroatoms. The molecule has 108 valence electrons. The lowest BCUT2D eigenvalue weighted by Gasteiger charge is -2.02. The highest BCUT2D eigenvalue weighted by atomic mass is 32.1. The standard InChI is InChI=1S/C16H21FN2S/c1-4-8-18-10-15-14(5-2)19-16(20-15)13-7-6-12(17)9-11(13)3/h6-7,9,18H,4-5,8,10H2,1-3H3. The molecule has 2 rings (SSSR count). The zero-order chi connectivity index (χ0) is 14.5. The summed E-state index contributed by atoms with van der Waals surface area (Å²) >= 11 is 1.71. The van der Waals surface area contributed by atoms with E-state index in [-0.39, 0.29) is 5.82 Å². The second-order valence-corrected chi connectivity index (χ2v) is 5.96. The van der Waals surface area contributed by atoms with Crippen LogP contribution in [0.3, 0.4) is 0 Å². The topological polar surface area (TPSA) is 24.9 Å². The number of nitrogens with zero attached hydrogens (tertiary/aromatic N) is 1. The van der Waals surface area contributed by atoms with Gasteiger partial charge in [0.2, 0.25) is 0 Å². The van der Waals surface area contributed by atoms with E-state index in [9.17, 15) is 4.39 Å². The van der Waals surface area contributed by atoms with Crippen LogP contribution in [0, 0.1) is 12.7 Å². The maximum Gasteiger partial charge on any atom is 0.124 e. The van der Waals surface area contributed by atoms with Crippen LogP contribution < -0.4 is 5.32 Å². The molecule has 1 aromatic carbocycles. The van der Waals surface area contributed by atoms with Crippen molar-refractivity contribution < 1.29 is 4.39 Å². The molecule has 0 saturated heterocycles. The maximum atomic E-state index is 13.2. The summed E-state index contributed by atoms with van der Waals surface area (Å²) in [5.74, 6) is -0.191. The fourth-order valence-corrected chi connectivity index (χ4v) is 3.37. The third-order valence-electron chi connectivity index (χ3n) is 3.24. The van der Waals surface area contributed by atoms with Gasteiger partial charge in [-0.3, -0.25) is 0 Å². The van der Waals surface area contributed by atoms with E-state index in [0.29, 0.717) is 0 Å². The molecule has 0 spiro atoms. The Bertz CT molecular complexity index is 578. The molecule has 0 aliphatic carbocycles. The molecule has 0 unspecified atom stereocenters. The highest BCUT2D eigenvalue weighted by Gasteiger charge is 2.13. The summed E-state index contributed by atoms with van der Waals surface area (Å²) < 4.78 is 13.2. The minimum atomic E-state index is -0.191. The molecule has 1 aromatic heterocycles. The average Bonchev–Trinajstić information content (AvgIpc) is 2.82. The number of aryl methyl sites for hydroxylation is 2. The van der Waals surface area contributed by atoms with Crippen LogP contribution in [0.2, 0.25) is 0 Å². The van der Waals surface area contributed by atoms with E-state index in [2.05, 4.69) is 19.2 Å². The quantitative estimate of drug-likeness (QED) is 0.802. The SMILES string of the molecule is CCCNCc1sc(-c2ccc(F)cc2C)nc1CC. The van der Waals surface area contributed by atoms with Gasteiger partial charge >= 0.3 is 0 Å². The maximum absolute atomic E-state index is 13.2. The molecule has 2 aromatic rings. The highest BCUT2D eigenvalue weighted by molar-refractivity contribution is 7.15. The van der Waals surface area contributed by atoms with Gasteiger partial charge in [-0.25, -0.2) is 9.37 Å². The Balaban J connectivity index is 2.28. The Morgan fingerprint density at radius 3 is 2.75 bits per heavy atom. The van der Waals surface area contributed by atoms with Crippen molar-refractivity contribution in [2.75, 3.05) is 6.54 Å². The molecule has 0 aliphatic heterocycles. The van der Waals surface area contributed by atoms with Gasteiger partial charge < -0.3 is 5.32 Å². The molecule has 1 N–H and O–H groups in total. The van der Waals surface area contributed by atoms with Gasteiger partial charge in [0.25, 0.3) is 0 Å². The molecule has 0 radical (unpaired) electrons. The van der Waals surface area contributed by atoms with Gasteiger partial charge in [0.15, 0.2) is 0 Å². The van der Waals surface area contributed by atoms with Crippen LogP contribution in [-0.4, -0.2) is 11.5 Å². The number of halogens is 1. The van der Waals surface area contributed by atoms with Crippen LogP contribution in [0.1, 0.15) is 36.4 Å². The largest absolute Gasteiger partial charge is 0.312 e. The van der Waals surface area contributed by atoms with Crippen molar-refractivity contribution in [3.05, 3.63) is 40.2 Å². The molecule has 0 aliphatic rings. The summed E-state index contributed by atoms with van der Waals surface area (Å²) in [5, 5.41) is 4.42. The molecule has 0 atom stereocenters. The molecule has 0 fully saturated rings. The van der Waals surface area contributed by atoms with E-state index >= 15 is 0 Å². The first kappa shape index (κ1) is 15.1. The molecule has 0 bridgehead atoms. The second-order valence-electron chi connectivity index (χ2n) is 4.88. The molecule has 0 saturated carbocycles. The molecule has 0 amide bonds. The fourth-order valence-electron chi connectivity index (χ4n) is 2.16. The minimum Gasteiger partial charge on any atom is -0.312 e. The first-order valence-electron chi connectivity index (χ1n) is 7.11. The van der Waals surface area contributed by atoms with Crippen molar-refractivity contribution in [1.29, 1.82) is 0 Å². The molecular weight excluding hydrogens is 271 g/mol. The summed E-state index contributed by atoms with van der Waals surface area (Å²) in [6.45, 7) is 8.11. The predicted octanol–water partition coefficient (Wildman–Crippen LogP) is 4.32. The van der Waals surface area contributed by atoms with Gasteiger partial charge in [-0.2, -0.15) is 0 Å². The van der Waals surface area contributed by atoms with Crippen LogP contribution in [-0.2, 0) is 13.0 Å². The number of benzene rings is 1. The normalized spacial score (nSPS) is 11.0.